The van der Waals surface area contributed by atoms with Crippen LogP contribution in [0.4, 0.5) is 5.69 Å². The number of anilines is 1. The first kappa shape index (κ1) is 9.06. The van der Waals surface area contributed by atoms with Gasteiger partial charge >= 0.3 is 0 Å². The normalized spacial score (nSPS) is 9.42. The monoisotopic (exact) mass is 227 g/mol. The van der Waals surface area contributed by atoms with Gasteiger partial charge in [-0.25, -0.2) is 0 Å². The molecule has 0 aromatic heterocycles. The van der Waals surface area contributed by atoms with E-state index in [2.05, 4.69) is 21.2 Å². The van der Waals surface area contributed by atoms with Gasteiger partial charge in [-0.2, -0.15) is 0 Å². The van der Waals surface area contributed by atoms with E-state index in [1.807, 2.05) is 24.3 Å². The highest BCUT2D eigenvalue weighted by atomic mass is 79.9. The van der Waals surface area contributed by atoms with E-state index in [-0.39, 0.29) is 5.96 Å². The number of rotatable bonds is 2. The molecule has 12 heavy (non-hydrogen) atoms. The molecule has 0 aliphatic heterocycles. The van der Waals surface area contributed by atoms with Crippen molar-refractivity contribution in [1.29, 1.82) is 5.41 Å². The van der Waals surface area contributed by atoms with Crippen molar-refractivity contribution in [2.45, 2.75) is 5.33 Å². The third-order valence-corrected chi connectivity index (χ3v) is 2.03. The van der Waals surface area contributed by atoms with Crippen molar-refractivity contribution in [3.63, 3.8) is 0 Å². The van der Waals surface area contributed by atoms with Crippen LogP contribution in [0.15, 0.2) is 24.3 Å². The van der Waals surface area contributed by atoms with Crippen LogP contribution in [0.3, 0.4) is 0 Å². The van der Waals surface area contributed by atoms with E-state index in [0.717, 1.165) is 11.0 Å². The van der Waals surface area contributed by atoms with Crippen molar-refractivity contribution in [1.82, 2.24) is 0 Å². The quantitative estimate of drug-likeness (QED) is 0.411. The first-order valence-electron chi connectivity index (χ1n) is 3.48. The van der Waals surface area contributed by atoms with Gasteiger partial charge in [0.15, 0.2) is 5.96 Å². The Bertz CT molecular complexity index is 268. The Morgan fingerprint density at radius 2 is 2.00 bits per heavy atom. The second-order valence-corrected chi connectivity index (χ2v) is 2.93. The topological polar surface area (TPSA) is 61.9 Å². The van der Waals surface area contributed by atoms with Gasteiger partial charge in [0.05, 0.1) is 0 Å². The van der Waals surface area contributed by atoms with Crippen LogP contribution in [-0.2, 0) is 5.33 Å². The molecule has 64 valence electrons. The average Bonchev–Trinajstić information content (AvgIpc) is 2.05. The van der Waals surface area contributed by atoms with Crippen LogP contribution in [0.5, 0.6) is 0 Å². The second kappa shape index (κ2) is 4.11. The zero-order valence-electron chi connectivity index (χ0n) is 6.47. The first-order chi connectivity index (χ1) is 5.72. The summed E-state index contributed by atoms with van der Waals surface area (Å²) in [5.74, 6) is -0.0402. The minimum atomic E-state index is -0.0402. The second-order valence-electron chi connectivity index (χ2n) is 2.37. The van der Waals surface area contributed by atoms with Gasteiger partial charge in [0.2, 0.25) is 0 Å². The summed E-state index contributed by atoms with van der Waals surface area (Å²) in [7, 11) is 0. The Hall–Kier alpha value is -1.03. The van der Waals surface area contributed by atoms with Crippen LogP contribution in [-0.4, -0.2) is 5.96 Å². The van der Waals surface area contributed by atoms with Gasteiger partial charge in [-0.3, -0.25) is 5.41 Å². The van der Waals surface area contributed by atoms with Gasteiger partial charge in [-0.1, -0.05) is 28.1 Å². The first-order valence-corrected chi connectivity index (χ1v) is 4.60. The number of nitrogens with two attached hydrogens (primary N) is 1. The molecule has 0 bridgehead atoms. The van der Waals surface area contributed by atoms with Crippen molar-refractivity contribution >= 4 is 27.6 Å². The summed E-state index contributed by atoms with van der Waals surface area (Å²) in [5, 5.41) is 10.5. The van der Waals surface area contributed by atoms with Crippen LogP contribution in [0.1, 0.15) is 5.56 Å². The molecule has 0 saturated carbocycles. The number of nitrogens with one attached hydrogen (secondary N) is 2. The van der Waals surface area contributed by atoms with Gasteiger partial charge in [0.1, 0.15) is 0 Å². The molecule has 4 N–H and O–H groups in total. The smallest absolute Gasteiger partial charge is 0.190 e. The SMILES string of the molecule is N=C(N)Nc1ccc(CBr)cc1. The zero-order valence-corrected chi connectivity index (χ0v) is 8.06. The minimum Gasteiger partial charge on any atom is -0.370 e. The number of benzene rings is 1. The molecular weight excluding hydrogens is 218 g/mol. The Morgan fingerprint density at radius 1 is 1.42 bits per heavy atom. The van der Waals surface area contributed by atoms with Crippen molar-refractivity contribution in [2.75, 3.05) is 5.32 Å². The van der Waals surface area contributed by atoms with Crippen LogP contribution in [0.2, 0.25) is 0 Å². The molecule has 0 spiro atoms. The summed E-state index contributed by atoms with van der Waals surface area (Å²) < 4.78 is 0. The van der Waals surface area contributed by atoms with E-state index in [0.29, 0.717) is 0 Å². The molecule has 0 radical (unpaired) electrons. The fourth-order valence-corrected chi connectivity index (χ4v) is 1.21. The number of hydrogen-bond donors (Lipinski definition) is 3. The van der Waals surface area contributed by atoms with Gasteiger partial charge < -0.3 is 11.1 Å². The largest absolute Gasteiger partial charge is 0.370 e. The highest BCUT2D eigenvalue weighted by molar-refractivity contribution is 9.08. The molecule has 1 aromatic carbocycles. The summed E-state index contributed by atoms with van der Waals surface area (Å²) in [6.45, 7) is 0. The van der Waals surface area contributed by atoms with Crippen molar-refractivity contribution in [3.8, 4) is 0 Å². The summed E-state index contributed by atoms with van der Waals surface area (Å²) >= 11 is 3.35. The third-order valence-electron chi connectivity index (χ3n) is 1.39. The maximum atomic E-state index is 6.99. The number of halogens is 1. The van der Waals surface area contributed by atoms with E-state index in [1.54, 1.807) is 0 Å². The standard InChI is InChI=1S/C8H10BrN3/c9-5-6-1-3-7(4-2-6)12-8(10)11/h1-4H,5H2,(H4,10,11,12). The molecular formula is C8H10BrN3. The maximum absolute atomic E-state index is 6.99. The third kappa shape index (κ3) is 2.54. The Labute approximate surface area is 79.6 Å². The lowest BCUT2D eigenvalue weighted by molar-refractivity contribution is 1.39. The maximum Gasteiger partial charge on any atom is 0.190 e. The summed E-state index contributed by atoms with van der Waals surface area (Å²) in [5.41, 5.74) is 7.20. The molecule has 0 atom stereocenters. The van der Waals surface area contributed by atoms with E-state index in [1.165, 1.54) is 5.56 Å². The van der Waals surface area contributed by atoms with Crippen LogP contribution >= 0.6 is 15.9 Å². The van der Waals surface area contributed by atoms with Gasteiger partial charge in [0, 0.05) is 11.0 Å². The van der Waals surface area contributed by atoms with Crippen LogP contribution < -0.4 is 11.1 Å². The molecule has 0 amide bonds. The highest BCUT2D eigenvalue weighted by Crippen LogP contribution is 2.11. The lowest BCUT2D eigenvalue weighted by Gasteiger charge is -2.03. The fourth-order valence-electron chi connectivity index (χ4n) is 0.833. The molecule has 4 heteroatoms. The molecule has 0 aliphatic rings. The Balaban J connectivity index is 2.71. The molecule has 0 fully saturated rings. The Morgan fingerprint density at radius 3 is 2.42 bits per heavy atom. The molecule has 0 heterocycles. The number of hydrogen-bond acceptors (Lipinski definition) is 1. The van der Waals surface area contributed by atoms with Crippen molar-refractivity contribution in [3.05, 3.63) is 29.8 Å². The van der Waals surface area contributed by atoms with Crippen molar-refractivity contribution < 1.29 is 0 Å². The van der Waals surface area contributed by atoms with E-state index in [4.69, 9.17) is 11.1 Å². The van der Waals surface area contributed by atoms with E-state index < -0.39 is 0 Å². The average molecular weight is 228 g/mol. The Kier molecular flexibility index (Phi) is 3.10. The van der Waals surface area contributed by atoms with Gasteiger partial charge in [-0.05, 0) is 17.7 Å². The van der Waals surface area contributed by atoms with Crippen LogP contribution in [0, 0.1) is 5.41 Å². The molecule has 1 rings (SSSR count). The lowest BCUT2D eigenvalue weighted by atomic mass is 10.2. The summed E-state index contributed by atoms with van der Waals surface area (Å²) in [6.07, 6.45) is 0. The van der Waals surface area contributed by atoms with Gasteiger partial charge in [0.25, 0.3) is 0 Å². The fraction of sp³-hybridized carbons (Fsp3) is 0.125. The molecule has 0 aliphatic carbocycles. The zero-order chi connectivity index (χ0) is 8.97. The minimum absolute atomic E-state index is 0.0402. The molecule has 0 unspecified atom stereocenters. The van der Waals surface area contributed by atoms with Crippen molar-refractivity contribution in [2.24, 2.45) is 5.73 Å². The van der Waals surface area contributed by atoms with E-state index in [9.17, 15) is 0 Å². The van der Waals surface area contributed by atoms with Gasteiger partial charge in [-0.15, -0.1) is 0 Å². The lowest BCUT2D eigenvalue weighted by Crippen LogP contribution is -2.20. The predicted molar refractivity (Wildman–Crippen MR) is 54.6 cm³/mol. The molecule has 3 nitrogen and oxygen atoms in total. The van der Waals surface area contributed by atoms with E-state index >= 15 is 0 Å². The summed E-state index contributed by atoms with van der Waals surface area (Å²) in [6, 6.07) is 7.72. The highest BCUT2D eigenvalue weighted by Gasteiger charge is 1.92. The number of guanidine groups is 1. The molecule has 0 saturated heterocycles. The summed E-state index contributed by atoms with van der Waals surface area (Å²) in [4.78, 5) is 0. The molecule has 1 aromatic rings. The predicted octanol–water partition coefficient (Wildman–Crippen LogP) is 1.89. The van der Waals surface area contributed by atoms with Crippen LogP contribution in [0.25, 0.3) is 0 Å². The number of alkyl halides is 1.